The van der Waals surface area contributed by atoms with Crippen molar-refractivity contribution in [2.75, 3.05) is 0 Å². The molecule has 0 bridgehead atoms. The first-order valence-electron chi connectivity index (χ1n) is 5.07. The first-order chi connectivity index (χ1) is 7.80. The van der Waals surface area contributed by atoms with Crippen LogP contribution in [0.5, 0.6) is 0 Å². The third kappa shape index (κ3) is 1.63. The predicted molar refractivity (Wildman–Crippen MR) is 65.9 cm³/mol. The molecular formula is C12H10ClO2P. The van der Waals surface area contributed by atoms with Gasteiger partial charge >= 0.3 is 0 Å². The summed E-state index contributed by atoms with van der Waals surface area (Å²) in [5, 5.41) is 0. The predicted octanol–water partition coefficient (Wildman–Crippen LogP) is 4.24. The van der Waals surface area contributed by atoms with Crippen molar-refractivity contribution in [1.29, 1.82) is 0 Å². The zero-order valence-electron chi connectivity index (χ0n) is 8.47. The standard InChI is InChI=1S/C12H10ClO2P/c13-16-14-12(15-16)9-5-4-8-11(12)10-6-2-1-3-7-10/h1-8H,9H2. The molecule has 0 aromatic heterocycles. The summed E-state index contributed by atoms with van der Waals surface area (Å²) in [4.78, 5) is 0. The minimum Gasteiger partial charge on any atom is -0.284 e. The molecule has 0 N–H and O–H groups in total. The van der Waals surface area contributed by atoms with Gasteiger partial charge in [-0.25, -0.2) is 0 Å². The largest absolute Gasteiger partial charge is 0.284 e. The normalized spacial score (nSPS) is 32.3. The molecule has 4 heteroatoms. The van der Waals surface area contributed by atoms with Gasteiger partial charge in [0, 0.05) is 12.0 Å². The SMILES string of the molecule is ClP1OC2(CC=CC=C2c2ccccc2)O1. The fourth-order valence-electron chi connectivity index (χ4n) is 1.97. The summed E-state index contributed by atoms with van der Waals surface area (Å²) in [6, 6.07) is 10.1. The van der Waals surface area contributed by atoms with E-state index in [0.717, 1.165) is 17.6 Å². The Morgan fingerprint density at radius 1 is 1.19 bits per heavy atom. The molecule has 0 amide bonds. The van der Waals surface area contributed by atoms with Crippen molar-refractivity contribution in [2.24, 2.45) is 0 Å². The van der Waals surface area contributed by atoms with Gasteiger partial charge in [-0.2, -0.15) is 0 Å². The van der Waals surface area contributed by atoms with E-state index in [-0.39, 0.29) is 0 Å². The van der Waals surface area contributed by atoms with Crippen molar-refractivity contribution in [2.45, 2.75) is 12.2 Å². The highest BCUT2D eigenvalue weighted by atomic mass is 35.7. The maximum Gasteiger partial charge on any atom is 0.282 e. The molecule has 3 rings (SSSR count). The van der Waals surface area contributed by atoms with Crippen LogP contribution in [0.25, 0.3) is 5.57 Å². The quantitative estimate of drug-likeness (QED) is 0.696. The molecule has 2 nitrogen and oxygen atoms in total. The number of allylic oxidation sites excluding steroid dienone is 2. The van der Waals surface area contributed by atoms with Crippen molar-refractivity contribution < 1.29 is 9.05 Å². The summed E-state index contributed by atoms with van der Waals surface area (Å²) in [6.07, 6.45) is 6.80. The minimum atomic E-state index is -1.21. The van der Waals surface area contributed by atoms with Crippen molar-refractivity contribution in [3.63, 3.8) is 0 Å². The number of benzene rings is 1. The average Bonchev–Trinajstić information content (AvgIpc) is 2.29. The van der Waals surface area contributed by atoms with Crippen LogP contribution >= 0.6 is 19.0 Å². The molecular weight excluding hydrogens is 243 g/mol. The fourth-order valence-corrected chi connectivity index (χ4v) is 3.46. The van der Waals surface area contributed by atoms with E-state index >= 15 is 0 Å². The van der Waals surface area contributed by atoms with Crippen LogP contribution in [0.3, 0.4) is 0 Å². The second kappa shape index (κ2) is 3.97. The minimum absolute atomic E-state index is 0.635. The third-order valence-corrected chi connectivity index (χ3v) is 4.01. The van der Waals surface area contributed by atoms with Gasteiger partial charge < -0.3 is 0 Å². The van der Waals surface area contributed by atoms with Gasteiger partial charge in [0.25, 0.3) is 7.73 Å². The van der Waals surface area contributed by atoms with Crippen molar-refractivity contribution in [3.8, 4) is 0 Å². The molecule has 0 radical (unpaired) electrons. The highest BCUT2D eigenvalue weighted by Gasteiger charge is 2.50. The topological polar surface area (TPSA) is 18.5 Å². The summed E-state index contributed by atoms with van der Waals surface area (Å²) in [5.74, 6) is -0.635. The van der Waals surface area contributed by atoms with Crippen LogP contribution in [-0.2, 0) is 9.05 Å². The van der Waals surface area contributed by atoms with Gasteiger partial charge in [0.05, 0.1) is 0 Å². The molecule has 1 aliphatic carbocycles. The second-order valence-electron chi connectivity index (χ2n) is 3.73. The van der Waals surface area contributed by atoms with Gasteiger partial charge in [0.15, 0.2) is 0 Å². The van der Waals surface area contributed by atoms with Crippen LogP contribution in [0.1, 0.15) is 12.0 Å². The Kier molecular flexibility index (Phi) is 2.61. The molecule has 1 aromatic rings. The maximum absolute atomic E-state index is 5.79. The summed E-state index contributed by atoms with van der Waals surface area (Å²) in [5.41, 5.74) is 2.17. The zero-order chi connectivity index (χ0) is 11.0. The van der Waals surface area contributed by atoms with Crippen molar-refractivity contribution in [3.05, 3.63) is 54.1 Å². The van der Waals surface area contributed by atoms with E-state index in [1.54, 1.807) is 0 Å². The molecule has 0 saturated carbocycles. The van der Waals surface area contributed by atoms with Crippen LogP contribution in [0, 0.1) is 0 Å². The lowest BCUT2D eigenvalue weighted by Crippen LogP contribution is -2.41. The lowest BCUT2D eigenvalue weighted by atomic mass is 9.91. The molecule has 1 saturated heterocycles. The van der Waals surface area contributed by atoms with Crippen LogP contribution in [0.2, 0.25) is 0 Å². The molecule has 2 aliphatic rings. The molecule has 0 unspecified atom stereocenters. The number of hydrogen-bond acceptors (Lipinski definition) is 2. The van der Waals surface area contributed by atoms with Gasteiger partial charge in [-0.1, -0.05) is 48.6 Å². The van der Waals surface area contributed by atoms with Crippen LogP contribution < -0.4 is 0 Å². The molecule has 1 fully saturated rings. The summed E-state index contributed by atoms with van der Waals surface area (Å²) in [6.45, 7) is 0. The van der Waals surface area contributed by atoms with Gasteiger partial charge in [-0.3, -0.25) is 9.05 Å². The molecule has 0 atom stereocenters. The number of hydrogen-bond donors (Lipinski definition) is 0. The zero-order valence-corrected chi connectivity index (χ0v) is 10.1. The van der Waals surface area contributed by atoms with Gasteiger partial charge in [0.1, 0.15) is 0 Å². The van der Waals surface area contributed by atoms with Crippen LogP contribution in [0.4, 0.5) is 0 Å². The molecule has 1 aromatic carbocycles. The monoisotopic (exact) mass is 252 g/mol. The van der Waals surface area contributed by atoms with Crippen LogP contribution in [-0.4, -0.2) is 5.79 Å². The smallest absolute Gasteiger partial charge is 0.282 e. The van der Waals surface area contributed by atoms with Crippen molar-refractivity contribution >= 4 is 24.5 Å². The van der Waals surface area contributed by atoms with E-state index < -0.39 is 13.5 Å². The Morgan fingerprint density at radius 2 is 1.94 bits per heavy atom. The maximum atomic E-state index is 5.79. The first-order valence-corrected chi connectivity index (χ1v) is 7.15. The molecule has 1 spiro atoms. The van der Waals surface area contributed by atoms with E-state index in [0.29, 0.717) is 0 Å². The lowest BCUT2D eigenvalue weighted by Gasteiger charge is -2.45. The molecule has 1 heterocycles. The number of rotatable bonds is 1. The van der Waals surface area contributed by atoms with E-state index in [1.807, 2.05) is 48.6 Å². The molecule has 1 aliphatic heterocycles. The lowest BCUT2D eigenvalue weighted by molar-refractivity contribution is -0.124. The Morgan fingerprint density at radius 3 is 2.62 bits per heavy atom. The highest BCUT2D eigenvalue weighted by Crippen LogP contribution is 2.66. The molecule has 16 heavy (non-hydrogen) atoms. The fraction of sp³-hybridized carbons (Fsp3) is 0.167. The van der Waals surface area contributed by atoms with E-state index in [1.165, 1.54) is 0 Å². The Labute approximate surface area is 100 Å². The van der Waals surface area contributed by atoms with E-state index in [9.17, 15) is 0 Å². The Balaban J connectivity index is 1.98. The highest BCUT2D eigenvalue weighted by molar-refractivity contribution is 7.76. The van der Waals surface area contributed by atoms with E-state index in [4.69, 9.17) is 20.3 Å². The summed E-state index contributed by atoms with van der Waals surface area (Å²) >= 11 is 5.79. The van der Waals surface area contributed by atoms with Gasteiger partial charge in [-0.15, -0.1) is 0 Å². The van der Waals surface area contributed by atoms with Gasteiger partial charge in [-0.05, 0) is 16.8 Å². The third-order valence-electron chi connectivity index (χ3n) is 2.72. The summed E-state index contributed by atoms with van der Waals surface area (Å²) < 4.78 is 11.2. The first kappa shape index (κ1) is 10.5. The average molecular weight is 253 g/mol. The van der Waals surface area contributed by atoms with Crippen LogP contribution in [0.15, 0.2) is 48.6 Å². The number of halogens is 1. The Hall–Kier alpha value is -0.660. The Bertz CT molecular complexity index is 449. The summed E-state index contributed by atoms with van der Waals surface area (Å²) in [7, 11) is -1.21. The van der Waals surface area contributed by atoms with E-state index in [2.05, 4.69) is 0 Å². The van der Waals surface area contributed by atoms with Gasteiger partial charge in [0.2, 0.25) is 5.79 Å². The molecule has 82 valence electrons. The van der Waals surface area contributed by atoms with Crippen molar-refractivity contribution in [1.82, 2.24) is 0 Å². The second-order valence-corrected chi connectivity index (χ2v) is 5.35.